The molecule has 2 aromatic rings. The molecule has 27 heavy (non-hydrogen) atoms. The van der Waals surface area contributed by atoms with E-state index in [4.69, 9.17) is 4.74 Å². The van der Waals surface area contributed by atoms with Gasteiger partial charge in [0.1, 0.15) is 12.4 Å². The summed E-state index contributed by atoms with van der Waals surface area (Å²) in [7, 11) is 0. The van der Waals surface area contributed by atoms with Crippen LogP contribution in [-0.4, -0.2) is 22.3 Å². The van der Waals surface area contributed by atoms with Gasteiger partial charge in [0.15, 0.2) is 0 Å². The highest BCUT2D eigenvalue weighted by molar-refractivity contribution is 8.01. The first-order valence-corrected chi connectivity index (χ1v) is 10.2. The van der Waals surface area contributed by atoms with Crippen LogP contribution in [0.3, 0.4) is 0 Å². The summed E-state index contributed by atoms with van der Waals surface area (Å²) in [5.41, 5.74) is 1.98. The van der Waals surface area contributed by atoms with Crippen LogP contribution in [0.25, 0.3) is 0 Å². The zero-order valence-corrected chi connectivity index (χ0v) is 17.1. The van der Waals surface area contributed by atoms with E-state index in [-0.39, 0.29) is 29.5 Å². The molecule has 0 N–H and O–H groups in total. The molecule has 0 fully saturated rings. The molecule has 0 bridgehead atoms. The monoisotopic (exact) mass is 384 g/mol. The first-order valence-electron chi connectivity index (χ1n) is 9.23. The molecule has 0 saturated heterocycles. The summed E-state index contributed by atoms with van der Waals surface area (Å²) in [6, 6.07) is 19.4. The average Bonchev–Trinajstić information content (AvgIpc) is 2.65. The Morgan fingerprint density at radius 2 is 1.48 bits per heavy atom. The maximum atomic E-state index is 12.7. The lowest BCUT2D eigenvalue weighted by Crippen LogP contribution is -2.24. The third-order valence-electron chi connectivity index (χ3n) is 4.02. The van der Waals surface area contributed by atoms with Crippen LogP contribution in [-0.2, 0) is 27.4 Å². The number of hydrogen-bond acceptors (Lipinski definition) is 4. The minimum absolute atomic E-state index is 0.0262. The molecule has 0 unspecified atom stereocenters. The van der Waals surface area contributed by atoms with Gasteiger partial charge in [-0.25, -0.2) is 0 Å². The molecule has 0 aromatic heterocycles. The van der Waals surface area contributed by atoms with Crippen LogP contribution < -0.4 is 0 Å². The molecule has 144 valence electrons. The van der Waals surface area contributed by atoms with Gasteiger partial charge >= 0.3 is 5.97 Å². The second-order valence-corrected chi connectivity index (χ2v) is 9.43. The van der Waals surface area contributed by atoms with Crippen molar-refractivity contribution in [3.8, 4) is 0 Å². The molecule has 0 saturated carbocycles. The van der Waals surface area contributed by atoms with Gasteiger partial charge in [-0.05, 0) is 17.5 Å². The number of ketones is 1. The van der Waals surface area contributed by atoms with Crippen LogP contribution in [0, 0.1) is 5.92 Å². The molecule has 0 aliphatic carbocycles. The fraction of sp³-hybridized carbons (Fsp3) is 0.391. The Bertz CT molecular complexity index is 720. The van der Waals surface area contributed by atoms with Crippen molar-refractivity contribution < 1.29 is 14.3 Å². The van der Waals surface area contributed by atoms with E-state index in [1.165, 1.54) is 0 Å². The number of rotatable bonds is 9. The number of thioether (sulfide) groups is 1. The number of hydrogen-bond donors (Lipinski definition) is 0. The minimum Gasteiger partial charge on any atom is -0.461 e. The van der Waals surface area contributed by atoms with Crippen LogP contribution in [0.4, 0.5) is 0 Å². The number of Topliss-reactive ketones (excluding diaryl/α,β-unsaturated/α-hetero) is 1. The van der Waals surface area contributed by atoms with E-state index in [9.17, 15) is 9.59 Å². The lowest BCUT2D eigenvalue weighted by atomic mass is 9.94. The summed E-state index contributed by atoms with van der Waals surface area (Å²) in [5, 5.41) is 0. The lowest BCUT2D eigenvalue weighted by molar-refractivity contribution is -0.151. The summed E-state index contributed by atoms with van der Waals surface area (Å²) in [5.74, 6) is -0.255. The van der Waals surface area contributed by atoms with Crippen molar-refractivity contribution in [3.05, 3.63) is 71.8 Å². The van der Waals surface area contributed by atoms with Crippen LogP contribution in [0.5, 0.6) is 0 Å². The average molecular weight is 385 g/mol. The molecule has 0 amide bonds. The predicted molar refractivity (Wildman–Crippen MR) is 112 cm³/mol. The first kappa shape index (κ1) is 21.2. The van der Waals surface area contributed by atoms with Gasteiger partial charge in [-0.1, -0.05) is 81.4 Å². The summed E-state index contributed by atoms with van der Waals surface area (Å²) in [4.78, 5) is 25.1. The summed E-state index contributed by atoms with van der Waals surface area (Å²) in [6.07, 6.45) is 0.728. The summed E-state index contributed by atoms with van der Waals surface area (Å²) in [6.45, 7) is 6.48. The van der Waals surface area contributed by atoms with E-state index in [2.05, 4.69) is 20.8 Å². The van der Waals surface area contributed by atoms with Gasteiger partial charge in [0.2, 0.25) is 0 Å². The molecule has 0 aliphatic rings. The minimum atomic E-state index is -0.454. The fourth-order valence-corrected chi connectivity index (χ4v) is 3.33. The van der Waals surface area contributed by atoms with Crippen LogP contribution in [0.2, 0.25) is 0 Å². The van der Waals surface area contributed by atoms with Gasteiger partial charge in [0.25, 0.3) is 0 Å². The number of ether oxygens (including phenoxy) is 1. The zero-order chi connectivity index (χ0) is 19.7. The molecule has 0 radical (unpaired) electrons. The van der Waals surface area contributed by atoms with Crippen LogP contribution >= 0.6 is 11.8 Å². The molecule has 2 rings (SSSR count). The SMILES string of the molecule is CC(C)(C)SCC(=O)C[C@@H](Cc1ccccc1)C(=O)OCc1ccccc1. The number of esters is 1. The largest absolute Gasteiger partial charge is 0.461 e. The number of carbonyl (C=O) groups is 2. The second-order valence-electron chi connectivity index (χ2n) is 7.62. The Balaban J connectivity index is 1.99. The van der Waals surface area contributed by atoms with Gasteiger partial charge in [-0.15, -0.1) is 11.8 Å². The van der Waals surface area contributed by atoms with Crippen LogP contribution in [0.15, 0.2) is 60.7 Å². The Morgan fingerprint density at radius 3 is 2.04 bits per heavy atom. The van der Waals surface area contributed by atoms with Crippen molar-refractivity contribution in [2.24, 2.45) is 5.92 Å². The molecule has 4 heteroatoms. The first-order chi connectivity index (χ1) is 12.8. The Kier molecular flexibility index (Phi) is 8.11. The maximum absolute atomic E-state index is 12.7. The molecule has 3 nitrogen and oxygen atoms in total. The third-order valence-corrected chi connectivity index (χ3v) is 5.35. The quantitative estimate of drug-likeness (QED) is 0.566. The van der Waals surface area contributed by atoms with E-state index >= 15 is 0 Å². The zero-order valence-electron chi connectivity index (χ0n) is 16.3. The second kappa shape index (κ2) is 10.3. The lowest BCUT2D eigenvalue weighted by Gasteiger charge is -2.19. The smallest absolute Gasteiger partial charge is 0.310 e. The normalized spacial score (nSPS) is 12.4. The Hall–Kier alpha value is -2.07. The third kappa shape index (κ3) is 8.44. The van der Waals surface area contributed by atoms with E-state index in [0.29, 0.717) is 12.2 Å². The molecule has 0 aliphatic heterocycles. The van der Waals surface area contributed by atoms with Gasteiger partial charge in [0.05, 0.1) is 11.7 Å². The molecule has 0 heterocycles. The molecule has 1 atom stereocenters. The van der Waals surface area contributed by atoms with E-state index < -0.39 is 5.92 Å². The molecular weight excluding hydrogens is 356 g/mol. The highest BCUT2D eigenvalue weighted by Crippen LogP contribution is 2.24. The highest BCUT2D eigenvalue weighted by Gasteiger charge is 2.25. The van der Waals surface area contributed by atoms with Gasteiger partial charge in [-0.3, -0.25) is 9.59 Å². The van der Waals surface area contributed by atoms with E-state index in [1.54, 1.807) is 11.8 Å². The molecule has 2 aromatic carbocycles. The van der Waals surface area contributed by atoms with Crippen molar-refractivity contribution >= 4 is 23.5 Å². The molecule has 0 spiro atoms. The Labute approximate surface area is 166 Å². The maximum Gasteiger partial charge on any atom is 0.310 e. The predicted octanol–water partition coefficient (Wildman–Crippen LogP) is 5.08. The topological polar surface area (TPSA) is 43.4 Å². The fourth-order valence-electron chi connectivity index (χ4n) is 2.61. The van der Waals surface area contributed by atoms with Crippen LogP contribution in [0.1, 0.15) is 38.3 Å². The van der Waals surface area contributed by atoms with Gasteiger partial charge in [0, 0.05) is 11.2 Å². The number of carbonyl (C=O) groups excluding carboxylic acids is 2. The van der Waals surface area contributed by atoms with Crippen molar-refractivity contribution in [2.75, 3.05) is 5.75 Å². The van der Waals surface area contributed by atoms with E-state index in [1.807, 2.05) is 60.7 Å². The van der Waals surface area contributed by atoms with Crippen molar-refractivity contribution in [2.45, 2.75) is 45.0 Å². The van der Waals surface area contributed by atoms with Crippen molar-refractivity contribution in [3.63, 3.8) is 0 Å². The van der Waals surface area contributed by atoms with E-state index in [0.717, 1.165) is 11.1 Å². The van der Waals surface area contributed by atoms with Gasteiger partial charge in [-0.2, -0.15) is 0 Å². The van der Waals surface area contributed by atoms with Gasteiger partial charge < -0.3 is 4.74 Å². The Morgan fingerprint density at radius 1 is 0.926 bits per heavy atom. The van der Waals surface area contributed by atoms with Crippen molar-refractivity contribution in [1.29, 1.82) is 0 Å². The number of benzene rings is 2. The van der Waals surface area contributed by atoms with Crippen molar-refractivity contribution in [1.82, 2.24) is 0 Å². The molecular formula is C23H28O3S. The standard InChI is InChI=1S/C23H28O3S/c1-23(2,3)27-17-21(24)15-20(14-18-10-6-4-7-11-18)22(25)26-16-19-12-8-5-9-13-19/h4-13,20H,14-17H2,1-3H3/t20-/m1/s1. The summed E-state index contributed by atoms with van der Waals surface area (Å²) < 4.78 is 5.54. The summed E-state index contributed by atoms with van der Waals surface area (Å²) >= 11 is 1.61. The highest BCUT2D eigenvalue weighted by atomic mass is 32.2.